The van der Waals surface area contributed by atoms with Crippen molar-refractivity contribution in [1.82, 2.24) is 14.8 Å². The van der Waals surface area contributed by atoms with E-state index in [0.29, 0.717) is 12.0 Å². The van der Waals surface area contributed by atoms with Crippen LogP contribution in [0.1, 0.15) is 43.7 Å². The van der Waals surface area contributed by atoms with Gasteiger partial charge in [-0.25, -0.2) is 4.39 Å². The van der Waals surface area contributed by atoms with Crippen molar-refractivity contribution >= 4 is 10.9 Å². The van der Waals surface area contributed by atoms with E-state index < -0.39 is 0 Å². The number of benzene rings is 1. The molecule has 2 aliphatic rings. The second-order valence-corrected chi connectivity index (χ2v) is 7.62. The van der Waals surface area contributed by atoms with Crippen LogP contribution < -0.4 is 0 Å². The molecule has 0 amide bonds. The van der Waals surface area contributed by atoms with E-state index >= 15 is 0 Å². The first-order valence-electron chi connectivity index (χ1n) is 9.41. The summed E-state index contributed by atoms with van der Waals surface area (Å²) < 4.78 is 13.9. The molecule has 1 N–H and O–H groups in total. The molecule has 130 valence electrons. The molecule has 1 aliphatic heterocycles. The summed E-state index contributed by atoms with van der Waals surface area (Å²) in [7, 11) is 2.20. The zero-order valence-corrected chi connectivity index (χ0v) is 14.6. The minimum Gasteiger partial charge on any atom is -0.361 e. The SMILES string of the molecule is CN1CCN(C(c2c[nH]c3ccc(F)cc23)C2CCCCC2)CC1. The Balaban J connectivity index is 1.71. The molecule has 1 atom stereocenters. The van der Waals surface area contributed by atoms with E-state index in [-0.39, 0.29) is 5.82 Å². The molecule has 1 unspecified atom stereocenters. The third kappa shape index (κ3) is 3.09. The molecule has 24 heavy (non-hydrogen) atoms. The summed E-state index contributed by atoms with van der Waals surface area (Å²) in [6, 6.07) is 5.56. The van der Waals surface area contributed by atoms with E-state index in [9.17, 15) is 4.39 Å². The highest BCUT2D eigenvalue weighted by atomic mass is 19.1. The Morgan fingerprint density at radius 3 is 2.58 bits per heavy atom. The van der Waals surface area contributed by atoms with Gasteiger partial charge < -0.3 is 9.88 Å². The van der Waals surface area contributed by atoms with Gasteiger partial charge in [-0.3, -0.25) is 4.90 Å². The second kappa shape index (κ2) is 6.85. The molecular formula is C20H28FN3. The van der Waals surface area contributed by atoms with Gasteiger partial charge in [0, 0.05) is 49.3 Å². The van der Waals surface area contributed by atoms with Crippen LogP contribution in [-0.2, 0) is 0 Å². The fourth-order valence-electron chi connectivity index (χ4n) is 4.66. The largest absolute Gasteiger partial charge is 0.361 e. The van der Waals surface area contributed by atoms with Gasteiger partial charge >= 0.3 is 0 Å². The number of aromatic amines is 1. The van der Waals surface area contributed by atoms with Crippen LogP contribution in [0.3, 0.4) is 0 Å². The molecule has 1 saturated heterocycles. The number of fused-ring (bicyclic) bond motifs is 1. The Morgan fingerprint density at radius 1 is 1.08 bits per heavy atom. The predicted octanol–water partition coefficient (Wildman–Crippen LogP) is 4.18. The predicted molar refractivity (Wildman–Crippen MR) is 96.6 cm³/mol. The van der Waals surface area contributed by atoms with Gasteiger partial charge in [0.05, 0.1) is 0 Å². The zero-order valence-electron chi connectivity index (χ0n) is 14.6. The van der Waals surface area contributed by atoms with E-state index in [0.717, 1.165) is 37.1 Å². The van der Waals surface area contributed by atoms with Crippen LogP contribution in [-0.4, -0.2) is 48.0 Å². The monoisotopic (exact) mass is 329 g/mol. The second-order valence-electron chi connectivity index (χ2n) is 7.62. The molecule has 3 nitrogen and oxygen atoms in total. The number of hydrogen-bond acceptors (Lipinski definition) is 2. The molecule has 0 spiro atoms. The minimum absolute atomic E-state index is 0.135. The molecular weight excluding hydrogens is 301 g/mol. The summed E-state index contributed by atoms with van der Waals surface area (Å²) in [5.74, 6) is 0.563. The molecule has 1 aromatic carbocycles. The third-order valence-corrected chi connectivity index (χ3v) is 6.02. The van der Waals surface area contributed by atoms with E-state index in [1.807, 2.05) is 6.07 Å². The average Bonchev–Trinajstić information content (AvgIpc) is 3.01. The summed E-state index contributed by atoms with van der Waals surface area (Å²) >= 11 is 0. The molecule has 1 saturated carbocycles. The quantitative estimate of drug-likeness (QED) is 0.913. The molecule has 2 heterocycles. The Hall–Kier alpha value is -1.39. The van der Waals surface area contributed by atoms with E-state index in [4.69, 9.17) is 0 Å². The van der Waals surface area contributed by atoms with Crippen molar-refractivity contribution in [3.8, 4) is 0 Å². The van der Waals surface area contributed by atoms with E-state index in [1.165, 1.54) is 37.7 Å². The van der Waals surface area contributed by atoms with Gasteiger partial charge in [0.15, 0.2) is 0 Å². The lowest BCUT2D eigenvalue weighted by Crippen LogP contribution is -2.47. The van der Waals surface area contributed by atoms with Crippen molar-refractivity contribution in [2.75, 3.05) is 33.2 Å². The number of aromatic nitrogens is 1. The van der Waals surface area contributed by atoms with Crippen molar-refractivity contribution in [2.45, 2.75) is 38.1 Å². The van der Waals surface area contributed by atoms with Crippen LogP contribution >= 0.6 is 0 Å². The van der Waals surface area contributed by atoms with Crippen LogP contribution in [0.4, 0.5) is 4.39 Å². The Kier molecular flexibility index (Phi) is 4.59. The lowest BCUT2D eigenvalue weighted by Gasteiger charge is -2.42. The lowest BCUT2D eigenvalue weighted by atomic mass is 9.80. The fraction of sp³-hybridized carbons (Fsp3) is 0.600. The summed E-state index contributed by atoms with van der Waals surface area (Å²) in [5.41, 5.74) is 2.36. The Morgan fingerprint density at radius 2 is 1.83 bits per heavy atom. The summed E-state index contributed by atoms with van der Waals surface area (Å²) in [5, 5.41) is 1.07. The maximum Gasteiger partial charge on any atom is 0.123 e. The number of rotatable bonds is 3. The molecule has 1 aromatic heterocycles. The molecule has 4 rings (SSSR count). The average molecular weight is 329 g/mol. The van der Waals surface area contributed by atoms with Gasteiger partial charge in [0.1, 0.15) is 5.82 Å². The van der Waals surface area contributed by atoms with Crippen molar-refractivity contribution in [3.63, 3.8) is 0 Å². The van der Waals surface area contributed by atoms with Crippen molar-refractivity contribution in [1.29, 1.82) is 0 Å². The van der Waals surface area contributed by atoms with Gasteiger partial charge in [-0.15, -0.1) is 0 Å². The highest BCUT2D eigenvalue weighted by Crippen LogP contribution is 2.41. The standard InChI is InChI=1S/C20H28FN3/c1-23-9-11-24(12-10-23)20(15-5-3-2-4-6-15)18-14-22-19-8-7-16(21)13-17(18)19/h7-8,13-15,20,22H,2-6,9-12H2,1H3. The lowest BCUT2D eigenvalue weighted by molar-refractivity contribution is 0.0678. The highest BCUT2D eigenvalue weighted by molar-refractivity contribution is 5.83. The highest BCUT2D eigenvalue weighted by Gasteiger charge is 2.33. The third-order valence-electron chi connectivity index (χ3n) is 6.02. The van der Waals surface area contributed by atoms with Crippen molar-refractivity contribution in [2.24, 2.45) is 5.92 Å². The smallest absolute Gasteiger partial charge is 0.123 e. The molecule has 2 fully saturated rings. The van der Waals surface area contributed by atoms with Crippen molar-refractivity contribution in [3.05, 3.63) is 35.8 Å². The summed E-state index contributed by atoms with van der Waals surface area (Å²) in [4.78, 5) is 8.44. The topological polar surface area (TPSA) is 22.3 Å². The molecule has 1 aliphatic carbocycles. The van der Waals surface area contributed by atoms with Crippen LogP contribution in [0.2, 0.25) is 0 Å². The Labute approximate surface area is 143 Å². The summed E-state index contributed by atoms with van der Waals surface area (Å²) in [6.07, 6.45) is 8.80. The van der Waals surface area contributed by atoms with Crippen LogP contribution in [0, 0.1) is 11.7 Å². The van der Waals surface area contributed by atoms with Gasteiger partial charge in [-0.2, -0.15) is 0 Å². The van der Waals surface area contributed by atoms with E-state index in [1.54, 1.807) is 12.1 Å². The number of halogens is 1. The van der Waals surface area contributed by atoms with Gasteiger partial charge in [0.25, 0.3) is 0 Å². The first-order chi connectivity index (χ1) is 11.7. The number of H-pyrrole nitrogens is 1. The first-order valence-corrected chi connectivity index (χ1v) is 9.41. The van der Waals surface area contributed by atoms with Gasteiger partial charge in [-0.1, -0.05) is 19.3 Å². The number of piperazine rings is 1. The van der Waals surface area contributed by atoms with Crippen LogP contribution in [0.15, 0.2) is 24.4 Å². The number of nitrogens with zero attached hydrogens (tertiary/aromatic N) is 2. The summed E-state index contributed by atoms with van der Waals surface area (Å²) in [6.45, 7) is 4.47. The minimum atomic E-state index is -0.135. The van der Waals surface area contributed by atoms with Gasteiger partial charge in [0.2, 0.25) is 0 Å². The first kappa shape index (κ1) is 16.1. The number of likely N-dealkylation sites (N-methyl/N-ethyl adjacent to an activating group) is 1. The molecule has 0 radical (unpaired) electrons. The van der Waals surface area contributed by atoms with Crippen LogP contribution in [0.25, 0.3) is 10.9 Å². The van der Waals surface area contributed by atoms with Gasteiger partial charge in [-0.05, 0) is 49.6 Å². The molecule has 4 heteroatoms. The number of hydrogen-bond donors (Lipinski definition) is 1. The maximum atomic E-state index is 13.9. The maximum absolute atomic E-state index is 13.9. The fourth-order valence-corrected chi connectivity index (χ4v) is 4.66. The van der Waals surface area contributed by atoms with E-state index in [2.05, 4.69) is 28.0 Å². The molecule has 2 aromatic rings. The van der Waals surface area contributed by atoms with Crippen LogP contribution in [0.5, 0.6) is 0 Å². The molecule has 0 bridgehead atoms. The van der Waals surface area contributed by atoms with Crippen molar-refractivity contribution < 1.29 is 4.39 Å². The Bertz CT molecular complexity index is 681. The normalized spacial score (nSPS) is 22.9. The number of nitrogens with one attached hydrogen (secondary N) is 1. The zero-order chi connectivity index (χ0) is 16.5.